The fourth-order valence-electron chi connectivity index (χ4n) is 2.49. The Labute approximate surface area is 161 Å². The highest BCUT2D eigenvalue weighted by Gasteiger charge is 2.22. The predicted molar refractivity (Wildman–Crippen MR) is 104 cm³/mol. The van der Waals surface area contributed by atoms with Crippen molar-refractivity contribution in [1.29, 1.82) is 0 Å². The number of aromatic nitrogens is 1. The third-order valence-corrected chi connectivity index (χ3v) is 4.41. The zero-order chi connectivity index (χ0) is 18.7. The maximum absolute atomic E-state index is 12.7. The van der Waals surface area contributed by atoms with Crippen molar-refractivity contribution >= 4 is 40.7 Å². The highest BCUT2D eigenvalue weighted by Crippen LogP contribution is 2.26. The predicted octanol–water partition coefficient (Wildman–Crippen LogP) is 5.72. The van der Waals surface area contributed by atoms with Crippen LogP contribution in [0.25, 0.3) is 0 Å². The molecule has 1 amide bonds. The zero-order valence-corrected chi connectivity index (χ0v) is 15.7. The minimum Gasteiger partial charge on any atom is -0.347 e. The Kier molecular flexibility index (Phi) is 5.49. The van der Waals surface area contributed by atoms with E-state index >= 15 is 0 Å². The average molecular weight is 390 g/mol. The van der Waals surface area contributed by atoms with Crippen molar-refractivity contribution in [2.45, 2.75) is 19.9 Å². The van der Waals surface area contributed by atoms with Gasteiger partial charge in [0.15, 0.2) is 0 Å². The van der Waals surface area contributed by atoms with Crippen LogP contribution in [-0.2, 0) is 0 Å². The number of amides is 1. The van der Waals surface area contributed by atoms with Gasteiger partial charge in [-0.15, -0.1) is 0 Å². The Morgan fingerprint density at radius 1 is 1.04 bits per heavy atom. The molecule has 7 heteroatoms. The number of hydrogen-bond acceptors (Lipinski definition) is 4. The highest BCUT2D eigenvalue weighted by atomic mass is 35.5. The number of carbonyl (C=O) groups excluding carboxylic acids is 1. The van der Waals surface area contributed by atoms with Gasteiger partial charge in [-0.2, -0.15) is 0 Å². The molecule has 0 aliphatic rings. The fraction of sp³-hybridized carbons (Fsp3) is 0.158. The van der Waals surface area contributed by atoms with E-state index < -0.39 is 0 Å². The Balaban J connectivity index is 1.78. The Morgan fingerprint density at radius 2 is 1.62 bits per heavy atom. The summed E-state index contributed by atoms with van der Waals surface area (Å²) in [5, 5.41) is 11.2. The third-order valence-electron chi connectivity index (χ3n) is 3.91. The number of hydrogen-bond donors (Lipinski definition) is 2. The van der Waals surface area contributed by atoms with E-state index in [1.807, 2.05) is 31.2 Å². The van der Waals surface area contributed by atoms with Gasteiger partial charge in [-0.05, 0) is 55.8 Å². The molecule has 1 aromatic heterocycles. The van der Waals surface area contributed by atoms with Crippen LogP contribution in [0.5, 0.6) is 0 Å². The van der Waals surface area contributed by atoms with E-state index in [9.17, 15) is 4.79 Å². The summed E-state index contributed by atoms with van der Waals surface area (Å²) in [5.74, 6) is 0.00768. The van der Waals surface area contributed by atoms with Crippen LogP contribution < -0.4 is 10.6 Å². The topological polar surface area (TPSA) is 67.2 Å². The first-order valence-corrected chi connectivity index (χ1v) is 8.75. The van der Waals surface area contributed by atoms with Gasteiger partial charge in [0.1, 0.15) is 5.56 Å². The van der Waals surface area contributed by atoms with Gasteiger partial charge in [0.05, 0.1) is 11.7 Å². The molecule has 0 spiro atoms. The maximum Gasteiger partial charge on any atom is 0.263 e. The molecule has 3 rings (SSSR count). The molecular formula is C19H17Cl2N3O2. The number of nitrogens with zero attached hydrogens (tertiary/aromatic N) is 1. The summed E-state index contributed by atoms with van der Waals surface area (Å²) >= 11 is 11.8. The van der Waals surface area contributed by atoms with E-state index in [2.05, 4.69) is 15.8 Å². The van der Waals surface area contributed by atoms with Crippen LogP contribution in [0, 0.1) is 6.92 Å². The van der Waals surface area contributed by atoms with Crippen molar-refractivity contribution in [3.8, 4) is 0 Å². The van der Waals surface area contributed by atoms with E-state index in [4.69, 9.17) is 27.7 Å². The van der Waals surface area contributed by atoms with Gasteiger partial charge in [-0.1, -0.05) is 40.5 Å². The summed E-state index contributed by atoms with van der Waals surface area (Å²) < 4.78 is 5.32. The number of aryl methyl sites for hydroxylation is 1. The number of carbonyl (C=O) groups is 1. The molecular weight excluding hydrogens is 373 g/mol. The van der Waals surface area contributed by atoms with Crippen LogP contribution in [0.2, 0.25) is 10.0 Å². The molecule has 5 nitrogen and oxygen atoms in total. The van der Waals surface area contributed by atoms with Gasteiger partial charge >= 0.3 is 0 Å². The quantitative estimate of drug-likeness (QED) is 0.585. The van der Waals surface area contributed by atoms with Crippen LogP contribution in [-0.4, -0.2) is 11.1 Å². The molecule has 0 aliphatic carbocycles. The summed E-state index contributed by atoms with van der Waals surface area (Å²) in [4.78, 5) is 12.7. The Morgan fingerprint density at radius 3 is 2.23 bits per heavy atom. The third kappa shape index (κ3) is 4.18. The van der Waals surface area contributed by atoms with Gasteiger partial charge in [-0.25, -0.2) is 0 Å². The number of halogens is 2. The lowest BCUT2D eigenvalue weighted by Crippen LogP contribution is -2.16. The molecule has 1 unspecified atom stereocenters. The van der Waals surface area contributed by atoms with Crippen molar-refractivity contribution in [3.05, 3.63) is 75.4 Å². The molecule has 1 heterocycles. The van der Waals surface area contributed by atoms with Crippen molar-refractivity contribution in [2.24, 2.45) is 0 Å². The number of benzene rings is 2. The van der Waals surface area contributed by atoms with Crippen molar-refractivity contribution < 1.29 is 9.32 Å². The van der Waals surface area contributed by atoms with Gasteiger partial charge in [0.25, 0.3) is 5.91 Å². The van der Waals surface area contributed by atoms with Gasteiger partial charge in [0, 0.05) is 15.7 Å². The monoisotopic (exact) mass is 389 g/mol. The largest absolute Gasteiger partial charge is 0.347 e. The molecule has 134 valence electrons. The van der Waals surface area contributed by atoms with E-state index in [0.717, 1.165) is 5.56 Å². The summed E-state index contributed by atoms with van der Waals surface area (Å²) in [6.45, 7) is 3.68. The molecule has 0 aliphatic heterocycles. The van der Waals surface area contributed by atoms with Crippen molar-refractivity contribution in [1.82, 2.24) is 5.16 Å². The Bertz CT molecular complexity index is 906. The number of rotatable bonds is 5. The first kappa shape index (κ1) is 18.3. The highest BCUT2D eigenvalue weighted by molar-refractivity contribution is 6.30. The summed E-state index contributed by atoms with van der Waals surface area (Å²) in [6, 6.07) is 14.2. The molecule has 3 aromatic rings. The van der Waals surface area contributed by atoms with E-state index in [-0.39, 0.29) is 11.9 Å². The van der Waals surface area contributed by atoms with Crippen molar-refractivity contribution in [2.75, 3.05) is 10.6 Å². The zero-order valence-electron chi connectivity index (χ0n) is 14.2. The molecule has 26 heavy (non-hydrogen) atoms. The van der Waals surface area contributed by atoms with E-state index in [0.29, 0.717) is 32.9 Å². The van der Waals surface area contributed by atoms with Crippen molar-refractivity contribution in [3.63, 3.8) is 0 Å². The molecule has 2 N–H and O–H groups in total. The summed E-state index contributed by atoms with van der Waals surface area (Å²) in [5.41, 5.74) is 2.51. The van der Waals surface area contributed by atoms with Crippen LogP contribution in [0.3, 0.4) is 0 Å². The second-order valence-electron chi connectivity index (χ2n) is 5.85. The minimum absolute atomic E-state index is 0.0956. The molecule has 0 fully saturated rings. The normalized spacial score (nSPS) is 11.8. The second-order valence-corrected chi connectivity index (χ2v) is 6.72. The van der Waals surface area contributed by atoms with Crippen LogP contribution in [0.15, 0.2) is 53.1 Å². The lowest BCUT2D eigenvalue weighted by Gasteiger charge is -2.14. The molecule has 0 saturated heterocycles. The summed E-state index contributed by atoms with van der Waals surface area (Å²) in [6.07, 6.45) is 0. The van der Waals surface area contributed by atoms with Crippen LogP contribution in [0.4, 0.5) is 11.6 Å². The molecule has 0 radical (unpaired) electrons. The van der Waals surface area contributed by atoms with Gasteiger partial charge in [0.2, 0.25) is 5.88 Å². The SMILES string of the molecule is Cc1noc(NC(C)c2ccc(Cl)cc2)c1C(=O)Nc1ccc(Cl)cc1. The first-order chi connectivity index (χ1) is 12.4. The lowest BCUT2D eigenvalue weighted by atomic mass is 10.1. The molecule has 2 aromatic carbocycles. The fourth-order valence-corrected chi connectivity index (χ4v) is 2.75. The van der Waals surface area contributed by atoms with Gasteiger partial charge < -0.3 is 15.2 Å². The minimum atomic E-state index is -0.308. The maximum atomic E-state index is 12.7. The second kappa shape index (κ2) is 7.81. The smallest absolute Gasteiger partial charge is 0.263 e. The van der Waals surface area contributed by atoms with Crippen LogP contribution >= 0.6 is 23.2 Å². The Hall–Kier alpha value is -2.50. The molecule has 0 bridgehead atoms. The molecule has 0 saturated carbocycles. The molecule has 1 atom stereocenters. The van der Waals surface area contributed by atoms with Gasteiger partial charge in [-0.3, -0.25) is 4.79 Å². The van der Waals surface area contributed by atoms with Crippen LogP contribution in [0.1, 0.15) is 34.6 Å². The number of nitrogens with one attached hydrogen (secondary N) is 2. The van der Waals surface area contributed by atoms with E-state index in [1.54, 1.807) is 31.2 Å². The first-order valence-electron chi connectivity index (χ1n) is 7.99. The number of anilines is 2. The summed E-state index contributed by atoms with van der Waals surface area (Å²) in [7, 11) is 0. The standard InChI is InChI=1S/C19H17Cl2N3O2/c1-11(13-3-5-14(20)6-4-13)22-19-17(12(2)24-26-19)18(25)23-16-9-7-15(21)8-10-16/h3-11,22H,1-2H3,(H,23,25). The van der Waals surface area contributed by atoms with E-state index in [1.165, 1.54) is 0 Å². The average Bonchev–Trinajstić information content (AvgIpc) is 2.98. The lowest BCUT2D eigenvalue weighted by molar-refractivity contribution is 0.102.